The van der Waals surface area contributed by atoms with Gasteiger partial charge in [0.1, 0.15) is 5.82 Å². The molecule has 0 bridgehead atoms. The Morgan fingerprint density at radius 2 is 1.89 bits per heavy atom. The van der Waals surface area contributed by atoms with Gasteiger partial charge >= 0.3 is 0 Å². The molecule has 0 saturated heterocycles. The molecule has 2 aliphatic carbocycles. The molecular weight excluding hydrogens is 241 g/mol. The van der Waals surface area contributed by atoms with Gasteiger partial charge in [0.2, 0.25) is 0 Å². The number of rotatable bonds is 2. The number of anilines is 1. The largest absolute Gasteiger partial charge is 0.382 e. The minimum atomic E-state index is -0.236. The molecule has 1 aromatic carbocycles. The quantitative estimate of drug-likeness (QED) is 0.867. The van der Waals surface area contributed by atoms with Crippen molar-refractivity contribution >= 4 is 5.82 Å². The standard InChI is InChI=1S/C15H16FN3/c16-12-4-2-1-3-11(12)13-14(18-19-15(13)17)10-6-8-5-9(8)7-10/h1-4,8-10H,5-7H2,(H3,17,18,19). The molecule has 2 atom stereocenters. The van der Waals surface area contributed by atoms with Crippen molar-refractivity contribution in [3.8, 4) is 11.1 Å². The number of aromatic nitrogens is 2. The lowest BCUT2D eigenvalue weighted by Crippen LogP contribution is -2.00. The van der Waals surface area contributed by atoms with Crippen LogP contribution in [0.3, 0.4) is 0 Å². The van der Waals surface area contributed by atoms with E-state index in [0.717, 1.165) is 23.1 Å². The van der Waals surface area contributed by atoms with E-state index in [1.165, 1.54) is 25.3 Å². The van der Waals surface area contributed by atoms with Crippen LogP contribution < -0.4 is 5.73 Å². The lowest BCUT2D eigenvalue weighted by atomic mass is 9.93. The molecule has 2 aromatic rings. The van der Waals surface area contributed by atoms with Gasteiger partial charge in [-0.3, -0.25) is 5.10 Å². The smallest absolute Gasteiger partial charge is 0.153 e. The Morgan fingerprint density at radius 1 is 1.16 bits per heavy atom. The lowest BCUT2D eigenvalue weighted by molar-refractivity contribution is 0.605. The van der Waals surface area contributed by atoms with E-state index >= 15 is 0 Å². The fourth-order valence-electron chi connectivity index (χ4n) is 3.56. The Hall–Kier alpha value is -1.84. The molecule has 4 heteroatoms. The van der Waals surface area contributed by atoms with Crippen LogP contribution in [-0.4, -0.2) is 10.2 Å². The topological polar surface area (TPSA) is 54.7 Å². The van der Waals surface area contributed by atoms with Crippen molar-refractivity contribution in [3.05, 3.63) is 35.8 Å². The maximum absolute atomic E-state index is 14.0. The highest BCUT2D eigenvalue weighted by atomic mass is 19.1. The summed E-state index contributed by atoms with van der Waals surface area (Å²) >= 11 is 0. The highest BCUT2D eigenvalue weighted by molar-refractivity contribution is 5.77. The van der Waals surface area contributed by atoms with E-state index in [0.29, 0.717) is 17.3 Å². The normalized spacial score (nSPS) is 28.4. The second-order valence-electron chi connectivity index (χ2n) is 5.80. The number of nitrogens with one attached hydrogen (secondary N) is 1. The summed E-state index contributed by atoms with van der Waals surface area (Å²) in [5.74, 6) is 2.38. The first kappa shape index (κ1) is 11.0. The Bertz CT molecular complexity index is 624. The summed E-state index contributed by atoms with van der Waals surface area (Å²) < 4.78 is 14.0. The molecule has 2 aliphatic rings. The highest BCUT2D eigenvalue weighted by Gasteiger charge is 2.47. The van der Waals surface area contributed by atoms with Crippen LogP contribution in [0.15, 0.2) is 24.3 Å². The summed E-state index contributed by atoms with van der Waals surface area (Å²) in [7, 11) is 0. The highest BCUT2D eigenvalue weighted by Crippen LogP contribution is 2.58. The molecule has 1 aromatic heterocycles. The molecule has 1 heterocycles. The number of hydrogen-bond donors (Lipinski definition) is 2. The Kier molecular flexibility index (Phi) is 2.22. The molecule has 98 valence electrons. The number of nitrogen functional groups attached to an aromatic ring is 1. The summed E-state index contributed by atoms with van der Waals surface area (Å²) in [4.78, 5) is 0. The van der Waals surface area contributed by atoms with Crippen molar-refractivity contribution in [2.75, 3.05) is 5.73 Å². The lowest BCUT2D eigenvalue weighted by Gasteiger charge is -2.13. The van der Waals surface area contributed by atoms with Crippen molar-refractivity contribution in [1.29, 1.82) is 0 Å². The summed E-state index contributed by atoms with van der Waals surface area (Å²) in [5.41, 5.74) is 8.30. The number of benzene rings is 1. The van der Waals surface area contributed by atoms with Crippen LogP contribution in [-0.2, 0) is 0 Å². The first-order chi connectivity index (χ1) is 9.24. The fourth-order valence-corrected chi connectivity index (χ4v) is 3.56. The van der Waals surface area contributed by atoms with E-state index in [1.807, 2.05) is 6.07 Å². The van der Waals surface area contributed by atoms with Gasteiger partial charge in [0, 0.05) is 22.7 Å². The maximum atomic E-state index is 14.0. The van der Waals surface area contributed by atoms with Crippen LogP contribution in [0, 0.1) is 17.7 Å². The Morgan fingerprint density at radius 3 is 2.63 bits per heavy atom. The van der Waals surface area contributed by atoms with Crippen molar-refractivity contribution in [3.63, 3.8) is 0 Å². The molecule has 3 N–H and O–H groups in total. The molecule has 2 unspecified atom stereocenters. The number of nitrogens with two attached hydrogens (primary N) is 1. The van der Waals surface area contributed by atoms with Crippen LogP contribution in [0.25, 0.3) is 11.1 Å². The first-order valence-electron chi connectivity index (χ1n) is 6.82. The third-order valence-electron chi connectivity index (χ3n) is 4.62. The van der Waals surface area contributed by atoms with Crippen LogP contribution in [0.1, 0.15) is 30.9 Å². The average molecular weight is 257 g/mol. The summed E-state index contributed by atoms with van der Waals surface area (Å²) in [6, 6.07) is 6.77. The van der Waals surface area contributed by atoms with Gasteiger partial charge in [-0.05, 0) is 37.2 Å². The van der Waals surface area contributed by atoms with E-state index in [1.54, 1.807) is 12.1 Å². The number of fused-ring (bicyclic) bond motifs is 1. The Labute approximate surface area is 111 Å². The second kappa shape index (κ2) is 3.83. The van der Waals surface area contributed by atoms with Gasteiger partial charge in [-0.1, -0.05) is 18.2 Å². The number of halogens is 1. The number of nitrogens with zero attached hydrogens (tertiary/aromatic N) is 1. The van der Waals surface area contributed by atoms with Crippen LogP contribution >= 0.6 is 0 Å². The number of hydrogen-bond acceptors (Lipinski definition) is 2. The zero-order valence-corrected chi connectivity index (χ0v) is 10.6. The zero-order valence-electron chi connectivity index (χ0n) is 10.6. The van der Waals surface area contributed by atoms with Crippen LogP contribution in [0.5, 0.6) is 0 Å². The van der Waals surface area contributed by atoms with Crippen LogP contribution in [0.4, 0.5) is 10.2 Å². The van der Waals surface area contributed by atoms with Gasteiger partial charge in [0.05, 0.1) is 0 Å². The third kappa shape index (κ3) is 1.66. The van der Waals surface area contributed by atoms with E-state index in [4.69, 9.17) is 5.73 Å². The van der Waals surface area contributed by atoms with E-state index in [-0.39, 0.29) is 5.82 Å². The van der Waals surface area contributed by atoms with E-state index < -0.39 is 0 Å². The average Bonchev–Trinajstić information content (AvgIpc) is 2.84. The SMILES string of the molecule is Nc1n[nH]c(C2CC3CC3C2)c1-c1ccccc1F. The number of H-pyrrole nitrogens is 1. The number of aromatic amines is 1. The predicted octanol–water partition coefficient (Wildman–Crippen LogP) is 3.31. The Balaban J connectivity index is 1.79. The molecule has 2 fully saturated rings. The molecular formula is C15H16FN3. The van der Waals surface area contributed by atoms with Gasteiger partial charge in [-0.25, -0.2) is 4.39 Å². The van der Waals surface area contributed by atoms with E-state index in [2.05, 4.69) is 10.2 Å². The summed E-state index contributed by atoms with van der Waals surface area (Å²) in [6.45, 7) is 0. The monoisotopic (exact) mass is 257 g/mol. The molecule has 2 saturated carbocycles. The van der Waals surface area contributed by atoms with Gasteiger partial charge in [0.25, 0.3) is 0 Å². The summed E-state index contributed by atoms with van der Waals surface area (Å²) in [6.07, 6.45) is 3.75. The zero-order chi connectivity index (χ0) is 13.0. The van der Waals surface area contributed by atoms with Crippen molar-refractivity contribution < 1.29 is 4.39 Å². The minimum absolute atomic E-state index is 0.236. The minimum Gasteiger partial charge on any atom is -0.382 e. The molecule has 0 spiro atoms. The van der Waals surface area contributed by atoms with Crippen molar-refractivity contribution in [1.82, 2.24) is 10.2 Å². The maximum Gasteiger partial charge on any atom is 0.153 e. The fraction of sp³-hybridized carbons (Fsp3) is 0.400. The van der Waals surface area contributed by atoms with Gasteiger partial charge < -0.3 is 5.73 Å². The van der Waals surface area contributed by atoms with Crippen LogP contribution in [0.2, 0.25) is 0 Å². The third-order valence-corrected chi connectivity index (χ3v) is 4.62. The second-order valence-corrected chi connectivity index (χ2v) is 5.80. The molecule has 0 amide bonds. The molecule has 4 rings (SSSR count). The molecule has 3 nitrogen and oxygen atoms in total. The molecule has 0 aliphatic heterocycles. The van der Waals surface area contributed by atoms with Gasteiger partial charge in [-0.2, -0.15) is 5.10 Å². The predicted molar refractivity (Wildman–Crippen MR) is 72.0 cm³/mol. The first-order valence-corrected chi connectivity index (χ1v) is 6.82. The van der Waals surface area contributed by atoms with Crippen molar-refractivity contribution in [2.45, 2.75) is 25.2 Å². The van der Waals surface area contributed by atoms with Gasteiger partial charge in [0.15, 0.2) is 5.82 Å². The van der Waals surface area contributed by atoms with Gasteiger partial charge in [-0.15, -0.1) is 0 Å². The van der Waals surface area contributed by atoms with E-state index in [9.17, 15) is 4.39 Å². The molecule has 19 heavy (non-hydrogen) atoms. The van der Waals surface area contributed by atoms with Crippen molar-refractivity contribution in [2.24, 2.45) is 11.8 Å². The summed E-state index contributed by atoms with van der Waals surface area (Å²) in [5, 5.41) is 7.15. The molecule has 0 radical (unpaired) electrons.